The van der Waals surface area contributed by atoms with Crippen molar-refractivity contribution < 1.29 is 9.21 Å². The lowest BCUT2D eigenvalue weighted by Crippen LogP contribution is -2.12. The molecule has 4 nitrogen and oxygen atoms in total. The molecule has 0 saturated carbocycles. The van der Waals surface area contributed by atoms with Crippen LogP contribution in [-0.2, 0) is 0 Å². The normalized spacial score (nSPS) is 10.9. The Hall–Kier alpha value is -2.09. The zero-order valence-corrected chi connectivity index (χ0v) is 17.3. The molecule has 1 aromatic heterocycles. The van der Waals surface area contributed by atoms with Crippen LogP contribution >= 0.6 is 45.8 Å². The summed E-state index contributed by atoms with van der Waals surface area (Å²) < 4.78 is 6.92. The van der Waals surface area contributed by atoms with Gasteiger partial charge >= 0.3 is 0 Å². The van der Waals surface area contributed by atoms with Crippen molar-refractivity contribution in [1.82, 2.24) is 4.98 Å². The number of nitrogens with zero attached hydrogens (tertiary/aromatic N) is 1. The van der Waals surface area contributed by atoms with Crippen molar-refractivity contribution in [2.75, 3.05) is 5.32 Å². The molecule has 134 valence electrons. The van der Waals surface area contributed by atoms with Crippen LogP contribution in [0.4, 0.5) is 5.69 Å². The van der Waals surface area contributed by atoms with Crippen molar-refractivity contribution in [3.8, 4) is 11.5 Å². The summed E-state index contributed by atoms with van der Waals surface area (Å²) in [7, 11) is 0. The standard InChI is InChI=1S/C20H11Cl2IN2O2/c21-12-4-6-16(22)15(9-12)19(26)24-14-5-7-18-17(10-14)25-20(27-18)11-2-1-3-13(23)8-11/h1-10H,(H,24,26). The Morgan fingerprint density at radius 2 is 1.89 bits per heavy atom. The Bertz CT molecular complexity index is 1170. The summed E-state index contributed by atoms with van der Waals surface area (Å²) in [5.74, 6) is 0.188. The quantitative estimate of drug-likeness (QED) is 0.315. The number of hydrogen-bond acceptors (Lipinski definition) is 3. The van der Waals surface area contributed by atoms with Crippen molar-refractivity contribution >= 4 is 68.5 Å². The molecule has 0 spiro atoms. The topological polar surface area (TPSA) is 55.1 Å². The third-order valence-electron chi connectivity index (χ3n) is 3.89. The molecule has 4 aromatic rings. The van der Waals surface area contributed by atoms with Crippen molar-refractivity contribution in [2.24, 2.45) is 0 Å². The molecule has 7 heteroatoms. The second-order valence-electron chi connectivity index (χ2n) is 5.79. The van der Waals surface area contributed by atoms with E-state index >= 15 is 0 Å². The van der Waals surface area contributed by atoms with Gasteiger partial charge in [-0.25, -0.2) is 4.98 Å². The van der Waals surface area contributed by atoms with Crippen LogP contribution in [0.5, 0.6) is 0 Å². The van der Waals surface area contributed by atoms with E-state index in [-0.39, 0.29) is 5.91 Å². The van der Waals surface area contributed by atoms with Crippen LogP contribution < -0.4 is 5.32 Å². The fraction of sp³-hybridized carbons (Fsp3) is 0. The van der Waals surface area contributed by atoms with Gasteiger partial charge in [-0.3, -0.25) is 4.79 Å². The molecule has 0 fully saturated rings. The van der Waals surface area contributed by atoms with Crippen LogP contribution in [0, 0.1) is 3.57 Å². The lowest BCUT2D eigenvalue weighted by Gasteiger charge is -2.07. The van der Waals surface area contributed by atoms with E-state index in [0.717, 1.165) is 9.13 Å². The van der Waals surface area contributed by atoms with Gasteiger partial charge < -0.3 is 9.73 Å². The van der Waals surface area contributed by atoms with Gasteiger partial charge in [0.2, 0.25) is 5.89 Å². The van der Waals surface area contributed by atoms with Gasteiger partial charge in [0, 0.05) is 19.8 Å². The molecule has 1 amide bonds. The third-order valence-corrected chi connectivity index (χ3v) is 5.13. The Morgan fingerprint density at radius 1 is 1.04 bits per heavy atom. The molecule has 3 aromatic carbocycles. The van der Waals surface area contributed by atoms with Crippen LogP contribution in [0.2, 0.25) is 10.0 Å². The first kappa shape index (κ1) is 18.3. The van der Waals surface area contributed by atoms with E-state index in [1.807, 2.05) is 24.3 Å². The van der Waals surface area contributed by atoms with Gasteiger partial charge in [0.1, 0.15) is 5.52 Å². The number of fused-ring (bicyclic) bond motifs is 1. The molecule has 0 atom stereocenters. The largest absolute Gasteiger partial charge is 0.436 e. The third kappa shape index (κ3) is 3.95. The first-order valence-electron chi connectivity index (χ1n) is 7.92. The number of carbonyl (C=O) groups is 1. The van der Waals surface area contributed by atoms with Gasteiger partial charge in [-0.05, 0) is 77.2 Å². The second-order valence-corrected chi connectivity index (χ2v) is 7.88. The molecule has 1 heterocycles. The Labute approximate surface area is 178 Å². The average Bonchev–Trinajstić information content (AvgIpc) is 3.07. The van der Waals surface area contributed by atoms with E-state index in [0.29, 0.717) is 38.3 Å². The highest BCUT2D eigenvalue weighted by atomic mass is 127. The molecule has 1 N–H and O–H groups in total. The summed E-state index contributed by atoms with van der Waals surface area (Å²) in [5.41, 5.74) is 3.09. The molecular weight excluding hydrogens is 498 g/mol. The lowest BCUT2D eigenvalue weighted by atomic mass is 10.2. The van der Waals surface area contributed by atoms with Crippen molar-refractivity contribution in [2.45, 2.75) is 0 Å². The summed E-state index contributed by atoms with van der Waals surface area (Å²) in [5, 5.41) is 3.59. The Balaban J connectivity index is 1.64. The predicted molar refractivity (Wildman–Crippen MR) is 117 cm³/mol. The molecule has 0 aliphatic carbocycles. The van der Waals surface area contributed by atoms with E-state index in [1.54, 1.807) is 30.3 Å². The second kappa shape index (κ2) is 7.50. The predicted octanol–water partition coefficient (Wildman–Crippen LogP) is 6.66. The first-order valence-corrected chi connectivity index (χ1v) is 9.76. The Kier molecular flexibility index (Phi) is 5.08. The minimum absolute atomic E-state index is 0.309. The number of oxazole rings is 1. The van der Waals surface area contributed by atoms with Crippen LogP contribution in [0.15, 0.2) is 65.1 Å². The molecule has 0 aliphatic heterocycles. The summed E-state index contributed by atoms with van der Waals surface area (Å²) >= 11 is 14.3. The highest BCUT2D eigenvalue weighted by Crippen LogP contribution is 2.28. The summed E-state index contributed by atoms with van der Waals surface area (Å²) in [6.07, 6.45) is 0. The molecule has 0 aliphatic rings. The van der Waals surface area contributed by atoms with Gasteiger partial charge in [0.25, 0.3) is 5.91 Å². The van der Waals surface area contributed by atoms with Crippen molar-refractivity contribution in [3.63, 3.8) is 0 Å². The van der Waals surface area contributed by atoms with Gasteiger partial charge in [0.05, 0.1) is 10.6 Å². The number of carbonyl (C=O) groups excluding carboxylic acids is 1. The van der Waals surface area contributed by atoms with E-state index in [9.17, 15) is 4.79 Å². The average molecular weight is 509 g/mol. The minimum atomic E-state index is -0.344. The van der Waals surface area contributed by atoms with Crippen LogP contribution in [0.3, 0.4) is 0 Å². The zero-order chi connectivity index (χ0) is 19.0. The number of halogens is 3. The van der Waals surface area contributed by atoms with E-state index in [1.165, 1.54) is 6.07 Å². The highest BCUT2D eigenvalue weighted by molar-refractivity contribution is 14.1. The maximum absolute atomic E-state index is 12.5. The number of amides is 1. The van der Waals surface area contributed by atoms with E-state index < -0.39 is 0 Å². The molecule has 4 rings (SSSR count). The number of aromatic nitrogens is 1. The molecule has 27 heavy (non-hydrogen) atoms. The van der Waals surface area contributed by atoms with E-state index in [4.69, 9.17) is 27.6 Å². The van der Waals surface area contributed by atoms with Gasteiger partial charge in [-0.2, -0.15) is 0 Å². The highest BCUT2D eigenvalue weighted by Gasteiger charge is 2.13. The zero-order valence-electron chi connectivity index (χ0n) is 13.7. The maximum atomic E-state index is 12.5. The number of rotatable bonds is 3. The number of nitrogens with one attached hydrogen (secondary N) is 1. The number of hydrogen-bond donors (Lipinski definition) is 1. The Morgan fingerprint density at radius 3 is 2.70 bits per heavy atom. The smallest absolute Gasteiger partial charge is 0.257 e. The SMILES string of the molecule is O=C(Nc1ccc2oc(-c3cccc(I)c3)nc2c1)c1cc(Cl)ccc1Cl. The van der Waals surface area contributed by atoms with Gasteiger partial charge in [-0.15, -0.1) is 0 Å². The molecule has 0 radical (unpaired) electrons. The van der Waals surface area contributed by atoms with Crippen molar-refractivity contribution in [3.05, 3.63) is 79.8 Å². The molecule has 0 unspecified atom stereocenters. The van der Waals surface area contributed by atoms with Crippen LogP contribution in [-0.4, -0.2) is 10.9 Å². The minimum Gasteiger partial charge on any atom is -0.436 e. The summed E-state index contributed by atoms with van der Waals surface area (Å²) in [6, 6.07) is 17.9. The fourth-order valence-electron chi connectivity index (χ4n) is 2.62. The molecule has 0 bridgehead atoms. The van der Waals surface area contributed by atoms with Gasteiger partial charge in [0.15, 0.2) is 5.58 Å². The molecule has 0 saturated heterocycles. The van der Waals surface area contributed by atoms with Crippen LogP contribution in [0.1, 0.15) is 10.4 Å². The van der Waals surface area contributed by atoms with E-state index in [2.05, 4.69) is 32.9 Å². The first-order chi connectivity index (χ1) is 13.0. The summed E-state index contributed by atoms with van der Waals surface area (Å²) in [6.45, 7) is 0. The molecular formula is C20H11Cl2IN2O2. The monoisotopic (exact) mass is 508 g/mol. The van der Waals surface area contributed by atoms with Crippen LogP contribution in [0.25, 0.3) is 22.6 Å². The summed E-state index contributed by atoms with van der Waals surface area (Å²) in [4.78, 5) is 17.0. The van der Waals surface area contributed by atoms with Gasteiger partial charge in [-0.1, -0.05) is 29.3 Å². The maximum Gasteiger partial charge on any atom is 0.257 e. The van der Waals surface area contributed by atoms with Crippen molar-refractivity contribution in [1.29, 1.82) is 0 Å². The lowest BCUT2D eigenvalue weighted by molar-refractivity contribution is 0.102. The fourth-order valence-corrected chi connectivity index (χ4v) is 3.54. The number of anilines is 1. The number of benzene rings is 3.